The summed E-state index contributed by atoms with van der Waals surface area (Å²) in [7, 11) is 1.69. The summed E-state index contributed by atoms with van der Waals surface area (Å²) in [6.45, 7) is 4.30. The second-order valence-electron chi connectivity index (χ2n) is 4.34. The van der Waals surface area contributed by atoms with Gasteiger partial charge in [-0.05, 0) is 17.5 Å². The van der Waals surface area contributed by atoms with E-state index in [1.807, 2.05) is 36.5 Å². The number of ether oxygens (including phenoxy) is 1. The van der Waals surface area contributed by atoms with Gasteiger partial charge >= 0.3 is 0 Å². The third kappa shape index (κ3) is 2.47. The van der Waals surface area contributed by atoms with E-state index >= 15 is 0 Å². The van der Waals surface area contributed by atoms with Gasteiger partial charge in [-0.15, -0.1) is 0 Å². The van der Waals surface area contributed by atoms with Gasteiger partial charge in [-0.1, -0.05) is 44.2 Å². The molecule has 0 aliphatic rings. The monoisotopic (exact) mass is 227 g/mol. The van der Waals surface area contributed by atoms with Crippen LogP contribution in [0.5, 0.6) is 5.75 Å². The number of rotatable bonds is 3. The Morgan fingerprint density at radius 1 is 1.12 bits per heavy atom. The lowest BCUT2D eigenvalue weighted by Crippen LogP contribution is -1.95. The topological polar surface area (TPSA) is 22.1 Å². The van der Waals surface area contributed by atoms with Crippen molar-refractivity contribution in [1.82, 2.24) is 4.98 Å². The molecule has 2 rings (SSSR count). The normalized spacial score (nSPS) is 10.6. The van der Waals surface area contributed by atoms with E-state index in [0.717, 1.165) is 17.0 Å². The molecule has 0 fully saturated rings. The molecular weight excluding hydrogens is 210 g/mol. The van der Waals surface area contributed by atoms with Crippen LogP contribution in [-0.4, -0.2) is 12.1 Å². The van der Waals surface area contributed by atoms with Crippen molar-refractivity contribution >= 4 is 0 Å². The minimum Gasteiger partial charge on any atom is -0.494 e. The maximum absolute atomic E-state index is 5.43. The van der Waals surface area contributed by atoms with Gasteiger partial charge in [-0.3, -0.25) is 4.98 Å². The fraction of sp³-hybridized carbons (Fsp3) is 0.267. The predicted molar refractivity (Wildman–Crippen MR) is 70.3 cm³/mol. The molecule has 1 heterocycles. The van der Waals surface area contributed by atoms with Crippen LogP contribution in [0.3, 0.4) is 0 Å². The SMILES string of the molecule is COc1cc(C(C)C)cnc1-c1ccccc1. The van der Waals surface area contributed by atoms with Crippen LogP contribution in [0.25, 0.3) is 11.3 Å². The minimum absolute atomic E-state index is 0.459. The standard InChI is InChI=1S/C15H17NO/c1-11(2)13-9-14(17-3)15(16-10-13)12-7-5-4-6-8-12/h4-11H,1-3H3. The summed E-state index contributed by atoms with van der Waals surface area (Å²) in [5.74, 6) is 1.30. The molecule has 2 heteroatoms. The number of methoxy groups -OCH3 is 1. The van der Waals surface area contributed by atoms with Gasteiger partial charge in [0.2, 0.25) is 0 Å². The zero-order valence-electron chi connectivity index (χ0n) is 10.5. The van der Waals surface area contributed by atoms with Crippen LogP contribution in [0, 0.1) is 0 Å². The highest BCUT2D eigenvalue weighted by atomic mass is 16.5. The van der Waals surface area contributed by atoms with E-state index < -0.39 is 0 Å². The first kappa shape index (κ1) is 11.6. The van der Waals surface area contributed by atoms with E-state index in [2.05, 4.69) is 24.9 Å². The number of pyridine rings is 1. The number of hydrogen-bond donors (Lipinski definition) is 0. The van der Waals surface area contributed by atoms with Gasteiger partial charge in [0.1, 0.15) is 11.4 Å². The summed E-state index contributed by atoms with van der Waals surface area (Å²) in [5, 5.41) is 0. The zero-order chi connectivity index (χ0) is 12.3. The number of hydrogen-bond acceptors (Lipinski definition) is 2. The fourth-order valence-electron chi connectivity index (χ4n) is 1.74. The average Bonchev–Trinajstić information content (AvgIpc) is 2.39. The Balaban J connectivity index is 2.49. The maximum Gasteiger partial charge on any atom is 0.145 e. The van der Waals surface area contributed by atoms with Gasteiger partial charge < -0.3 is 4.74 Å². The van der Waals surface area contributed by atoms with Crippen LogP contribution >= 0.6 is 0 Å². The molecule has 2 nitrogen and oxygen atoms in total. The Morgan fingerprint density at radius 2 is 1.82 bits per heavy atom. The molecule has 1 aromatic carbocycles. The molecule has 0 radical (unpaired) electrons. The van der Waals surface area contributed by atoms with Gasteiger partial charge in [0.05, 0.1) is 7.11 Å². The van der Waals surface area contributed by atoms with Crippen LogP contribution in [-0.2, 0) is 0 Å². The molecule has 0 unspecified atom stereocenters. The summed E-state index contributed by atoms with van der Waals surface area (Å²) in [5.41, 5.74) is 3.18. The molecule has 0 amide bonds. The van der Waals surface area contributed by atoms with Gasteiger partial charge in [0.25, 0.3) is 0 Å². The van der Waals surface area contributed by atoms with Gasteiger partial charge in [-0.25, -0.2) is 0 Å². The molecule has 0 spiro atoms. The number of benzene rings is 1. The van der Waals surface area contributed by atoms with Crippen LogP contribution in [0.4, 0.5) is 0 Å². The van der Waals surface area contributed by atoms with Gasteiger partial charge in [-0.2, -0.15) is 0 Å². The molecule has 0 aliphatic carbocycles. The van der Waals surface area contributed by atoms with Crippen molar-refractivity contribution in [2.45, 2.75) is 19.8 Å². The quantitative estimate of drug-likeness (QED) is 0.793. The van der Waals surface area contributed by atoms with Gasteiger partial charge in [0, 0.05) is 11.8 Å². The molecule has 0 N–H and O–H groups in total. The number of aromatic nitrogens is 1. The molecule has 0 saturated heterocycles. The molecule has 2 aromatic rings. The van der Waals surface area contributed by atoms with Crippen LogP contribution in [0.1, 0.15) is 25.3 Å². The molecular formula is C15H17NO. The van der Waals surface area contributed by atoms with Crippen LogP contribution < -0.4 is 4.74 Å². The Morgan fingerprint density at radius 3 is 2.41 bits per heavy atom. The Labute approximate surface area is 102 Å². The Kier molecular flexibility index (Phi) is 3.43. The summed E-state index contributed by atoms with van der Waals surface area (Å²) < 4.78 is 5.43. The molecule has 17 heavy (non-hydrogen) atoms. The van der Waals surface area contributed by atoms with E-state index in [4.69, 9.17) is 4.74 Å². The lowest BCUT2D eigenvalue weighted by Gasteiger charge is -2.11. The van der Waals surface area contributed by atoms with Crippen LogP contribution in [0.15, 0.2) is 42.6 Å². The molecule has 0 bridgehead atoms. The van der Waals surface area contributed by atoms with Crippen molar-refractivity contribution in [2.75, 3.05) is 7.11 Å². The molecule has 88 valence electrons. The second-order valence-corrected chi connectivity index (χ2v) is 4.34. The van der Waals surface area contributed by atoms with Crippen molar-refractivity contribution in [3.63, 3.8) is 0 Å². The second kappa shape index (κ2) is 5.00. The molecule has 0 atom stereocenters. The molecule has 1 aromatic heterocycles. The fourth-order valence-corrected chi connectivity index (χ4v) is 1.74. The van der Waals surface area contributed by atoms with Crippen molar-refractivity contribution in [2.24, 2.45) is 0 Å². The summed E-state index contributed by atoms with van der Waals surface area (Å²) >= 11 is 0. The summed E-state index contributed by atoms with van der Waals surface area (Å²) in [6, 6.07) is 12.2. The smallest absolute Gasteiger partial charge is 0.145 e. The third-order valence-electron chi connectivity index (χ3n) is 2.81. The van der Waals surface area contributed by atoms with Crippen molar-refractivity contribution < 1.29 is 4.74 Å². The largest absolute Gasteiger partial charge is 0.494 e. The van der Waals surface area contributed by atoms with Gasteiger partial charge in [0.15, 0.2) is 0 Å². The lowest BCUT2D eigenvalue weighted by molar-refractivity contribution is 0.414. The van der Waals surface area contributed by atoms with E-state index in [-0.39, 0.29) is 0 Å². The minimum atomic E-state index is 0.459. The average molecular weight is 227 g/mol. The zero-order valence-corrected chi connectivity index (χ0v) is 10.5. The van der Waals surface area contributed by atoms with E-state index in [0.29, 0.717) is 5.92 Å². The summed E-state index contributed by atoms with van der Waals surface area (Å²) in [4.78, 5) is 4.52. The van der Waals surface area contributed by atoms with E-state index in [1.165, 1.54) is 5.56 Å². The summed E-state index contributed by atoms with van der Waals surface area (Å²) in [6.07, 6.45) is 1.93. The number of nitrogens with zero attached hydrogens (tertiary/aromatic N) is 1. The predicted octanol–water partition coefficient (Wildman–Crippen LogP) is 3.88. The molecule has 0 aliphatic heterocycles. The van der Waals surface area contributed by atoms with Crippen molar-refractivity contribution in [3.8, 4) is 17.0 Å². The highest BCUT2D eigenvalue weighted by Crippen LogP contribution is 2.30. The maximum atomic E-state index is 5.43. The molecule has 0 saturated carbocycles. The van der Waals surface area contributed by atoms with E-state index in [1.54, 1.807) is 7.11 Å². The lowest BCUT2D eigenvalue weighted by atomic mass is 10.0. The highest BCUT2D eigenvalue weighted by Gasteiger charge is 2.09. The third-order valence-corrected chi connectivity index (χ3v) is 2.81. The first-order chi connectivity index (χ1) is 8.22. The Hall–Kier alpha value is -1.83. The first-order valence-corrected chi connectivity index (χ1v) is 5.81. The Bertz CT molecular complexity index is 492. The van der Waals surface area contributed by atoms with E-state index in [9.17, 15) is 0 Å². The highest BCUT2D eigenvalue weighted by molar-refractivity contribution is 5.66. The van der Waals surface area contributed by atoms with Crippen molar-refractivity contribution in [1.29, 1.82) is 0 Å². The first-order valence-electron chi connectivity index (χ1n) is 5.81. The van der Waals surface area contributed by atoms with Crippen LogP contribution in [0.2, 0.25) is 0 Å². The van der Waals surface area contributed by atoms with Crippen molar-refractivity contribution in [3.05, 3.63) is 48.2 Å².